The number of aliphatic hydroxyl groups is 1. The fraction of sp³-hybridized carbons (Fsp3) is 0.300. The van der Waals surface area contributed by atoms with Crippen LogP contribution in [0.5, 0.6) is 0 Å². The fourth-order valence-electron chi connectivity index (χ4n) is 1.16. The van der Waals surface area contributed by atoms with Gasteiger partial charge in [0.05, 0.1) is 6.61 Å². The highest BCUT2D eigenvalue weighted by Gasteiger charge is 2.09. The Hall–Kier alpha value is -1.22. The van der Waals surface area contributed by atoms with Crippen molar-refractivity contribution >= 4 is 5.78 Å². The standard InChI is InChI=1S/C10H11FO2/c1-2-10(13)9-4-3-8(11)5-7(9)6-12/h3-5,12H,2,6H2,1H3. The molecule has 0 bridgehead atoms. The number of aliphatic hydroxyl groups excluding tert-OH is 1. The number of rotatable bonds is 3. The van der Waals surface area contributed by atoms with Crippen LogP contribution in [0.1, 0.15) is 29.3 Å². The Bertz CT molecular complexity index is 321. The second kappa shape index (κ2) is 4.14. The molecule has 0 unspecified atom stereocenters. The van der Waals surface area contributed by atoms with Gasteiger partial charge in [0.2, 0.25) is 0 Å². The van der Waals surface area contributed by atoms with Crippen molar-refractivity contribution in [3.8, 4) is 0 Å². The van der Waals surface area contributed by atoms with Crippen LogP contribution in [-0.4, -0.2) is 10.9 Å². The van der Waals surface area contributed by atoms with Gasteiger partial charge in [0.1, 0.15) is 5.82 Å². The van der Waals surface area contributed by atoms with Crippen molar-refractivity contribution in [2.24, 2.45) is 0 Å². The summed E-state index contributed by atoms with van der Waals surface area (Å²) in [5.74, 6) is -0.513. The minimum Gasteiger partial charge on any atom is -0.392 e. The zero-order valence-electron chi connectivity index (χ0n) is 7.38. The first-order valence-corrected chi connectivity index (χ1v) is 4.11. The average Bonchev–Trinajstić information content (AvgIpc) is 2.16. The van der Waals surface area contributed by atoms with Crippen molar-refractivity contribution in [2.75, 3.05) is 0 Å². The van der Waals surface area contributed by atoms with Crippen LogP contribution in [-0.2, 0) is 6.61 Å². The third-order valence-corrected chi connectivity index (χ3v) is 1.86. The number of halogens is 1. The van der Waals surface area contributed by atoms with Crippen molar-refractivity contribution in [1.82, 2.24) is 0 Å². The van der Waals surface area contributed by atoms with Crippen molar-refractivity contribution in [2.45, 2.75) is 20.0 Å². The molecule has 13 heavy (non-hydrogen) atoms. The first-order valence-electron chi connectivity index (χ1n) is 4.11. The predicted octanol–water partition coefficient (Wildman–Crippen LogP) is 1.91. The summed E-state index contributed by atoms with van der Waals surface area (Å²) in [5, 5.41) is 8.87. The monoisotopic (exact) mass is 182 g/mol. The summed E-state index contributed by atoms with van der Waals surface area (Å²) in [4.78, 5) is 11.3. The van der Waals surface area contributed by atoms with E-state index in [9.17, 15) is 9.18 Å². The number of Topliss-reactive ketones (excluding diaryl/α,β-unsaturated/α-hetero) is 1. The quantitative estimate of drug-likeness (QED) is 0.725. The summed E-state index contributed by atoms with van der Waals surface area (Å²) in [7, 11) is 0. The van der Waals surface area contributed by atoms with Gasteiger partial charge in [-0.15, -0.1) is 0 Å². The highest BCUT2D eigenvalue weighted by molar-refractivity contribution is 5.97. The molecule has 0 atom stereocenters. The van der Waals surface area contributed by atoms with Gasteiger partial charge in [-0.05, 0) is 23.8 Å². The summed E-state index contributed by atoms with van der Waals surface area (Å²) in [5.41, 5.74) is 0.762. The van der Waals surface area contributed by atoms with Gasteiger partial charge in [0, 0.05) is 12.0 Å². The molecule has 0 aliphatic rings. The molecule has 1 rings (SSSR count). The second-order valence-corrected chi connectivity index (χ2v) is 2.74. The molecule has 0 amide bonds. The molecule has 0 radical (unpaired) electrons. The lowest BCUT2D eigenvalue weighted by molar-refractivity contribution is 0.0985. The number of ketones is 1. The molecule has 0 saturated carbocycles. The summed E-state index contributed by atoms with van der Waals surface area (Å²) < 4.78 is 12.7. The van der Waals surface area contributed by atoms with E-state index in [1.165, 1.54) is 18.2 Å². The van der Waals surface area contributed by atoms with Crippen LogP contribution in [0.4, 0.5) is 4.39 Å². The van der Waals surface area contributed by atoms with E-state index in [2.05, 4.69) is 0 Å². The van der Waals surface area contributed by atoms with E-state index >= 15 is 0 Å². The van der Waals surface area contributed by atoms with E-state index in [0.29, 0.717) is 17.5 Å². The molecule has 1 aromatic carbocycles. The molecule has 0 saturated heterocycles. The molecule has 0 aliphatic heterocycles. The van der Waals surface area contributed by atoms with Gasteiger partial charge in [-0.25, -0.2) is 4.39 Å². The predicted molar refractivity (Wildman–Crippen MR) is 46.9 cm³/mol. The maximum atomic E-state index is 12.7. The lowest BCUT2D eigenvalue weighted by atomic mass is 10.0. The van der Waals surface area contributed by atoms with E-state index in [0.717, 1.165) is 0 Å². The highest BCUT2D eigenvalue weighted by atomic mass is 19.1. The maximum absolute atomic E-state index is 12.7. The van der Waals surface area contributed by atoms with Gasteiger partial charge in [0.15, 0.2) is 5.78 Å². The van der Waals surface area contributed by atoms with Crippen LogP contribution in [0.25, 0.3) is 0 Å². The molecular weight excluding hydrogens is 171 g/mol. The molecule has 1 N–H and O–H groups in total. The highest BCUT2D eigenvalue weighted by Crippen LogP contribution is 2.13. The van der Waals surface area contributed by atoms with Crippen molar-refractivity contribution in [3.05, 3.63) is 35.1 Å². The van der Waals surface area contributed by atoms with Crippen LogP contribution in [0.15, 0.2) is 18.2 Å². The van der Waals surface area contributed by atoms with Gasteiger partial charge in [0.25, 0.3) is 0 Å². The van der Waals surface area contributed by atoms with Crippen LogP contribution in [0.2, 0.25) is 0 Å². The first kappa shape index (κ1) is 9.86. The van der Waals surface area contributed by atoms with E-state index in [1.54, 1.807) is 6.92 Å². The number of benzene rings is 1. The summed E-state index contributed by atoms with van der Waals surface area (Å²) in [6.07, 6.45) is 0.360. The van der Waals surface area contributed by atoms with E-state index in [1.807, 2.05) is 0 Å². The van der Waals surface area contributed by atoms with Crippen LogP contribution in [0.3, 0.4) is 0 Å². The summed E-state index contributed by atoms with van der Waals surface area (Å²) in [6, 6.07) is 3.82. The topological polar surface area (TPSA) is 37.3 Å². The molecule has 0 spiro atoms. The van der Waals surface area contributed by atoms with E-state index in [4.69, 9.17) is 5.11 Å². The molecule has 70 valence electrons. The third-order valence-electron chi connectivity index (χ3n) is 1.86. The Labute approximate surface area is 76.0 Å². The van der Waals surface area contributed by atoms with Crippen LogP contribution < -0.4 is 0 Å². The zero-order valence-corrected chi connectivity index (χ0v) is 7.38. The summed E-state index contributed by atoms with van der Waals surface area (Å²) in [6.45, 7) is 1.42. The molecule has 1 aromatic rings. The Balaban J connectivity index is 3.13. The fourth-order valence-corrected chi connectivity index (χ4v) is 1.16. The Kier molecular flexibility index (Phi) is 3.14. The molecule has 2 nitrogen and oxygen atoms in total. The third kappa shape index (κ3) is 2.12. The molecular formula is C10H11FO2. The lowest BCUT2D eigenvalue weighted by Gasteiger charge is -2.04. The largest absolute Gasteiger partial charge is 0.392 e. The number of carbonyl (C=O) groups excluding carboxylic acids is 1. The smallest absolute Gasteiger partial charge is 0.162 e. The van der Waals surface area contributed by atoms with E-state index in [-0.39, 0.29) is 12.4 Å². The van der Waals surface area contributed by atoms with Gasteiger partial charge in [-0.2, -0.15) is 0 Å². The zero-order chi connectivity index (χ0) is 9.84. The molecule has 0 heterocycles. The molecule has 0 aliphatic carbocycles. The van der Waals surface area contributed by atoms with Crippen LogP contribution >= 0.6 is 0 Å². The molecule has 0 aromatic heterocycles. The number of carbonyl (C=O) groups is 1. The van der Waals surface area contributed by atoms with Gasteiger partial charge < -0.3 is 5.11 Å². The Morgan fingerprint density at radius 3 is 2.77 bits per heavy atom. The van der Waals surface area contributed by atoms with Gasteiger partial charge in [-0.1, -0.05) is 6.92 Å². The van der Waals surface area contributed by atoms with Crippen molar-refractivity contribution in [3.63, 3.8) is 0 Å². The van der Waals surface area contributed by atoms with Crippen molar-refractivity contribution in [1.29, 1.82) is 0 Å². The van der Waals surface area contributed by atoms with Crippen molar-refractivity contribution < 1.29 is 14.3 Å². The SMILES string of the molecule is CCC(=O)c1ccc(F)cc1CO. The Morgan fingerprint density at radius 1 is 1.54 bits per heavy atom. The Morgan fingerprint density at radius 2 is 2.23 bits per heavy atom. The van der Waals surface area contributed by atoms with E-state index < -0.39 is 5.82 Å². The van der Waals surface area contributed by atoms with Crippen LogP contribution in [0, 0.1) is 5.82 Å². The van der Waals surface area contributed by atoms with Gasteiger partial charge in [-0.3, -0.25) is 4.79 Å². The second-order valence-electron chi connectivity index (χ2n) is 2.74. The lowest BCUT2D eigenvalue weighted by Crippen LogP contribution is -2.02. The average molecular weight is 182 g/mol. The number of hydrogen-bond acceptors (Lipinski definition) is 2. The normalized spacial score (nSPS) is 10.1. The summed E-state index contributed by atoms with van der Waals surface area (Å²) >= 11 is 0. The minimum absolute atomic E-state index is 0.0796. The first-order chi connectivity index (χ1) is 6.19. The molecule has 3 heteroatoms. The maximum Gasteiger partial charge on any atom is 0.162 e. The minimum atomic E-state index is -0.434. The number of hydrogen-bond donors (Lipinski definition) is 1. The molecule has 0 fully saturated rings. The van der Waals surface area contributed by atoms with Gasteiger partial charge >= 0.3 is 0 Å².